The molecule has 1 aromatic carbocycles. The third kappa shape index (κ3) is 4.90. The Labute approximate surface area is 148 Å². The van der Waals surface area contributed by atoms with E-state index < -0.39 is 0 Å². The topological polar surface area (TPSA) is 52.0 Å². The Morgan fingerprint density at radius 2 is 1.76 bits per heavy atom. The van der Waals surface area contributed by atoms with Crippen LogP contribution >= 0.6 is 0 Å². The lowest BCUT2D eigenvalue weighted by Gasteiger charge is -2.22. The second-order valence-corrected chi connectivity index (χ2v) is 6.18. The summed E-state index contributed by atoms with van der Waals surface area (Å²) in [5.41, 5.74) is 2.35. The molecular formula is C20H24N4O. The monoisotopic (exact) mass is 336 g/mol. The summed E-state index contributed by atoms with van der Waals surface area (Å²) in [7, 11) is 0. The number of hydrogen-bond acceptors (Lipinski definition) is 4. The third-order valence-electron chi connectivity index (χ3n) is 4.37. The molecule has 0 amide bonds. The number of benzene rings is 1. The van der Waals surface area contributed by atoms with Crippen LogP contribution in [0.4, 0.5) is 0 Å². The van der Waals surface area contributed by atoms with Crippen LogP contribution in [0.25, 0.3) is 0 Å². The summed E-state index contributed by atoms with van der Waals surface area (Å²) in [6.45, 7) is 5.72. The van der Waals surface area contributed by atoms with Gasteiger partial charge in [-0.3, -0.25) is 9.67 Å². The van der Waals surface area contributed by atoms with Crippen LogP contribution in [0.15, 0.2) is 67.3 Å². The van der Waals surface area contributed by atoms with Crippen LogP contribution in [0.5, 0.6) is 5.75 Å². The Kier molecular flexibility index (Phi) is 5.80. The number of hydrogen-bond donors (Lipinski definition) is 1. The molecule has 2 atom stereocenters. The fourth-order valence-electron chi connectivity index (χ4n) is 2.55. The van der Waals surface area contributed by atoms with Crippen molar-refractivity contribution in [3.63, 3.8) is 0 Å². The van der Waals surface area contributed by atoms with Crippen molar-refractivity contribution in [2.45, 2.75) is 39.1 Å². The SMILES string of the molecule is C[C@H](NCc1ccc(OCc2ccncc2)cc1)[C@H](C)n1cccn1. The normalized spacial score (nSPS) is 13.4. The predicted octanol–water partition coefficient (Wildman–Crippen LogP) is 3.60. The summed E-state index contributed by atoms with van der Waals surface area (Å²) in [4.78, 5) is 4.01. The van der Waals surface area contributed by atoms with Crippen LogP contribution in [0.2, 0.25) is 0 Å². The van der Waals surface area contributed by atoms with Crippen molar-refractivity contribution in [2.75, 3.05) is 0 Å². The highest BCUT2D eigenvalue weighted by atomic mass is 16.5. The van der Waals surface area contributed by atoms with E-state index in [1.807, 2.05) is 47.4 Å². The molecule has 0 fully saturated rings. The van der Waals surface area contributed by atoms with Crippen molar-refractivity contribution in [3.8, 4) is 5.75 Å². The number of aromatic nitrogens is 3. The van der Waals surface area contributed by atoms with Gasteiger partial charge in [-0.25, -0.2) is 0 Å². The molecule has 3 aromatic rings. The summed E-state index contributed by atoms with van der Waals surface area (Å²) < 4.78 is 7.78. The standard InChI is InChI=1S/C20H24N4O/c1-16(17(2)24-13-3-10-23-24)22-14-18-4-6-20(7-5-18)25-15-19-8-11-21-12-9-19/h3-13,16-17,22H,14-15H2,1-2H3/t16-,17-/m0/s1. The lowest BCUT2D eigenvalue weighted by atomic mass is 10.1. The molecule has 2 aromatic heterocycles. The fourth-order valence-corrected chi connectivity index (χ4v) is 2.55. The Balaban J connectivity index is 1.47. The number of rotatable bonds is 8. The first-order valence-corrected chi connectivity index (χ1v) is 8.55. The van der Waals surface area contributed by atoms with Crippen molar-refractivity contribution in [1.29, 1.82) is 0 Å². The van der Waals surface area contributed by atoms with Gasteiger partial charge in [0.25, 0.3) is 0 Å². The molecule has 2 heterocycles. The van der Waals surface area contributed by atoms with Gasteiger partial charge in [-0.2, -0.15) is 5.10 Å². The maximum Gasteiger partial charge on any atom is 0.119 e. The molecule has 5 heteroatoms. The van der Waals surface area contributed by atoms with Crippen LogP contribution in [0, 0.1) is 0 Å². The van der Waals surface area contributed by atoms with Crippen molar-refractivity contribution < 1.29 is 4.74 Å². The van der Waals surface area contributed by atoms with Gasteiger partial charge in [0.1, 0.15) is 12.4 Å². The summed E-state index contributed by atoms with van der Waals surface area (Å²) in [5, 5.41) is 7.86. The molecule has 1 N–H and O–H groups in total. The van der Waals surface area contributed by atoms with Crippen molar-refractivity contribution >= 4 is 0 Å². The highest BCUT2D eigenvalue weighted by Crippen LogP contribution is 2.15. The van der Waals surface area contributed by atoms with Crippen LogP contribution < -0.4 is 10.1 Å². The van der Waals surface area contributed by atoms with E-state index in [-0.39, 0.29) is 0 Å². The number of ether oxygens (including phenoxy) is 1. The Bertz CT molecular complexity index is 741. The molecule has 5 nitrogen and oxygen atoms in total. The molecule has 0 spiro atoms. The molecule has 0 saturated carbocycles. The predicted molar refractivity (Wildman–Crippen MR) is 98.3 cm³/mol. The molecule has 0 radical (unpaired) electrons. The van der Waals surface area contributed by atoms with Crippen molar-refractivity contribution in [1.82, 2.24) is 20.1 Å². The maximum atomic E-state index is 5.80. The molecular weight excluding hydrogens is 312 g/mol. The first-order chi connectivity index (χ1) is 12.2. The quantitative estimate of drug-likeness (QED) is 0.683. The second-order valence-electron chi connectivity index (χ2n) is 6.18. The summed E-state index contributed by atoms with van der Waals surface area (Å²) in [6.07, 6.45) is 7.36. The molecule has 25 heavy (non-hydrogen) atoms. The largest absolute Gasteiger partial charge is 0.489 e. The molecule has 3 rings (SSSR count). The van der Waals surface area contributed by atoms with Gasteiger partial charge in [0.05, 0.1) is 6.04 Å². The van der Waals surface area contributed by atoms with Gasteiger partial charge in [-0.05, 0) is 55.3 Å². The molecule has 0 unspecified atom stereocenters. The first kappa shape index (κ1) is 17.2. The van der Waals surface area contributed by atoms with E-state index in [4.69, 9.17) is 4.74 Å². The molecule has 0 aliphatic rings. The van der Waals surface area contributed by atoms with E-state index in [9.17, 15) is 0 Å². The number of nitrogens with one attached hydrogen (secondary N) is 1. The molecule has 0 saturated heterocycles. The lowest BCUT2D eigenvalue weighted by Crippen LogP contribution is -2.33. The molecule has 0 aliphatic heterocycles. The average molecular weight is 336 g/mol. The van der Waals surface area contributed by atoms with Gasteiger partial charge in [0.2, 0.25) is 0 Å². The van der Waals surface area contributed by atoms with E-state index in [1.54, 1.807) is 12.4 Å². The van der Waals surface area contributed by atoms with Crippen LogP contribution in [-0.4, -0.2) is 20.8 Å². The van der Waals surface area contributed by atoms with E-state index >= 15 is 0 Å². The summed E-state index contributed by atoms with van der Waals surface area (Å²) in [5.74, 6) is 0.874. The molecule has 0 aliphatic carbocycles. The van der Waals surface area contributed by atoms with Gasteiger partial charge in [-0.15, -0.1) is 0 Å². The first-order valence-electron chi connectivity index (χ1n) is 8.55. The lowest BCUT2D eigenvalue weighted by molar-refractivity contribution is 0.306. The molecule has 0 bridgehead atoms. The van der Waals surface area contributed by atoms with Gasteiger partial charge in [-0.1, -0.05) is 12.1 Å². The van der Waals surface area contributed by atoms with Gasteiger partial charge in [0.15, 0.2) is 0 Å². The third-order valence-corrected chi connectivity index (χ3v) is 4.37. The minimum absolute atomic E-state index is 0.304. The van der Waals surface area contributed by atoms with E-state index in [2.05, 4.69) is 41.4 Å². The minimum atomic E-state index is 0.304. The van der Waals surface area contributed by atoms with Crippen LogP contribution in [0.3, 0.4) is 0 Å². The maximum absolute atomic E-state index is 5.80. The molecule has 130 valence electrons. The van der Waals surface area contributed by atoms with E-state index in [1.165, 1.54) is 5.56 Å². The van der Waals surface area contributed by atoms with Crippen molar-refractivity contribution in [3.05, 3.63) is 78.4 Å². The minimum Gasteiger partial charge on any atom is -0.489 e. The Morgan fingerprint density at radius 3 is 2.44 bits per heavy atom. The summed E-state index contributed by atoms with van der Waals surface area (Å²) in [6, 6.07) is 14.7. The summed E-state index contributed by atoms with van der Waals surface area (Å²) >= 11 is 0. The van der Waals surface area contributed by atoms with E-state index in [0.717, 1.165) is 17.9 Å². The second kappa shape index (κ2) is 8.44. The zero-order valence-corrected chi connectivity index (χ0v) is 14.7. The zero-order valence-electron chi connectivity index (χ0n) is 14.7. The van der Waals surface area contributed by atoms with Gasteiger partial charge < -0.3 is 10.1 Å². The van der Waals surface area contributed by atoms with Gasteiger partial charge >= 0.3 is 0 Å². The van der Waals surface area contributed by atoms with Gasteiger partial charge in [0, 0.05) is 37.4 Å². The van der Waals surface area contributed by atoms with Crippen LogP contribution in [-0.2, 0) is 13.2 Å². The number of pyridine rings is 1. The fraction of sp³-hybridized carbons (Fsp3) is 0.300. The average Bonchev–Trinajstić information content (AvgIpc) is 3.20. The highest BCUT2D eigenvalue weighted by Gasteiger charge is 2.13. The smallest absolute Gasteiger partial charge is 0.119 e. The van der Waals surface area contributed by atoms with Crippen LogP contribution in [0.1, 0.15) is 31.0 Å². The number of nitrogens with zero attached hydrogens (tertiary/aromatic N) is 3. The zero-order chi connectivity index (χ0) is 17.5. The van der Waals surface area contributed by atoms with Crippen molar-refractivity contribution in [2.24, 2.45) is 0 Å². The Morgan fingerprint density at radius 1 is 1.00 bits per heavy atom. The van der Waals surface area contributed by atoms with E-state index in [0.29, 0.717) is 18.7 Å². The highest BCUT2D eigenvalue weighted by molar-refractivity contribution is 5.27. The Hall–Kier alpha value is -2.66.